The summed E-state index contributed by atoms with van der Waals surface area (Å²) in [5.41, 5.74) is 23.9. The fraction of sp³-hybridized carbons (Fsp3) is 0.238. The van der Waals surface area contributed by atoms with E-state index in [0.717, 1.165) is 71.9 Å². The van der Waals surface area contributed by atoms with Crippen molar-refractivity contribution in [1.82, 2.24) is 4.57 Å². The highest BCUT2D eigenvalue weighted by atomic mass is 16.3. The number of furan rings is 2. The second-order valence-corrected chi connectivity index (χ2v) is 23.1. The zero-order valence-corrected chi connectivity index (χ0v) is 40.5. The minimum Gasteiger partial charge on any atom is -0.456 e. The maximum Gasteiger partial charge on any atom is 0.197 e. The lowest BCUT2D eigenvalue weighted by atomic mass is 9.59. The van der Waals surface area contributed by atoms with Gasteiger partial charge in [-0.15, -0.1) is 0 Å². The summed E-state index contributed by atoms with van der Waals surface area (Å²) in [5, 5.41) is 11.0. The van der Waals surface area contributed by atoms with Crippen LogP contribution in [0.5, 0.6) is 0 Å². The molecule has 0 unspecified atom stereocenters. The smallest absolute Gasteiger partial charge is 0.197 e. The molecule has 11 aromatic rings. The molecule has 0 bridgehead atoms. The first-order valence-corrected chi connectivity index (χ1v) is 24.5. The molecule has 0 saturated carbocycles. The van der Waals surface area contributed by atoms with E-state index in [9.17, 15) is 0 Å². The summed E-state index contributed by atoms with van der Waals surface area (Å²) < 4.78 is 15.7. The van der Waals surface area contributed by atoms with Gasteiger partial charge >= 0.3 is 0 Å². The van der Waals surface area contributed by atoms with Crippen molar-refractivity contribution in [2.45, 2.75) is 96.8 Å². The second-order valence-electron chi connectivity index (χ2n) is 23.1. The highest BCUT2D eigenvalue weighted by Gasteiger charge is 2.43. The van der Waals surface area contributed by atoms with E-state index >= 15 is 0 Å². The largest absolute Gasteiger partial charge is 0.456 e. The molecule has 0 fully saturated rings. The molecule has 0 atom stereocenters. The van der Waals surface area contributed by atoms with E-state index < -0.39 is 0 Å². The molecule has 4 heterocycles. The molecule has 5 heteroatoms. The quantitative estimate of drug-likeness (QED) is 0.180. The van der Waals surface area contributed by atoms with Crippen LogP contribution in [0.3, 0.4) is 0 Å². The van der Waals surface area contributed by atoms with E-state index in [1.807, 2.05) is 0 Å². The summed E-state index contributed by atoms with van der Waals surface area (Å²) in [7, 11) is 2.45. The molecule has 1 aliphatic heterocycles. The average Bonchev–Trinajstić information content (AvgIpc) is 4.04. The van der Waals surface area contributed by atoms with Crippen molar-refractivity contribution >= 4 is 95.3 Å². The summed E-state index contributed by atoms with van der Waals surface area (Å²) >= 11 is 0. The second kappa shape index (κ2) is 13.2. The van der Waals surface area contributed by atoms with Gasteiger partial charge in [-0.3, -0.25) is 0 Å². The molecule has 0 saturated heterocycles. The number of fused-ring (bicyclic) bond motifs is 16. The normalized spacial score (nSPS) is 16.4. The van der Waals surface area contributed by atoms with Gasteiger partial charge < -0.3 is 18.7 Å². The Morgan fingerprint density at radius 1 is 0.529 bits per heavy atom. The third-order valence-electron chi connectivity index (χ3n) is 16.6. The fourth-order valence-electron chi connectivity index (χ4n) is 12.7. The summed E-state index contributed by atoms with van der Waals surface area (Å²) in [6, 6.07) is 50.0. The molecular weight excluding hydrogens is 828 g/mol. The summed E-state index contributed by atoms with van der Waals surface area (Å²) in [6.07, 6.45) is 2.37. The zero-order chi connectivity index (χ0) is 46.4. The van der Waals surface area contributed by atoms with Crippen LogP contribution in [0.25, 0.3) is 93.6 Å². The molecule has 1 N–H and O–H groups in total. The maximum absolute atomic E-state index is 6.59. The Morgan fingerprint density at radius 3 is 1.94 bits per heavy atom. The lowest BCUT2D eigenvalue weighted by Gasteiger charge is -2.42. The lowest BCUT2D eigenvalue weighted by molar-refractivity contribution is 0.331. The predicted molar refractivity (Wildman–Crippen MR) is 287 cm³/mol. The molecule has 3 aliphatic rings. The van der Waals surface area contributed by atoms with Gasteiger partial charge in [0.1, 0.15) is 22.3 Å². The maximum atomic E-state index is 6.59. The number of aromatic nitrogens is 1. The van der Waals surface area contributed by atoms with E-state index in [1.54, 1.807) is 0 Å². The third kappa shape index (κ3) is 5.39. The van der Waals surface area contributed by atoms with Crippen LogP contribution in [-0.4, -0.2) is 11.8 Å². The van der Waals surface area contributed by atoms with Crippen molar-refractivity contribution in [2.75, 3.05) is 5.32 Å². The van der Waals surface area contributed by atoms with Crippen LogP contribution in [0, 0.1) is 0 Å². The minimum atomic E-state index is -0.199. The number of nitrogens with zero attached hydrogens (tertiary/aromatic N) is 1. The van der Waals surface area contributed by atoms with Crippen LogP contribution in [0.15, 0.2) is 142 Å². The lowest BCUT2D eigenvalue weighted by Crippen LogP contribution is -2.37. The van der Waals surface area contributed by atoms with Crippen LogP contribution in [0.2, 0.25) is 0 Å². The number of anilines is 2. The Hall–Kier alpha value is -6.98. The van der Waals surface area contributed by atoms with Gasteiger partial charge in [0.25, 0.3) is 0 Å². The minimum absolute atomic E-state index is 0.0562. The van der Waals surface area contributed by atoms with Gasteiger partial charge in [-0.2, -0.15) is 0 Å². The number of para-hydroxylation sites is 2. The van der Waals surface area contributed by atoms with Gasteiger partial charge in [0.05, 0.1) is 5.52 Å². The van der Waals surface area contributed by atoms with Crippen LogP contribution >= 0.6 is 0 Å². The Bertz CT molecular complexity index is 4030. The standard InChI is InChI=1S/C63H54BN2O2/c1-60(2,3)34-18-20-35(21-19-34)65-49-32-45-40(41-29-46-47(31-44(41)63(45,8)9)62(6,7)27-26-61(46,4)5)28-42(49)37-22-23-39-56-50(24-25-54-57(56)38-15-11-13-17-53(38)67-54)66-51-33-55-43(30-48(51)64-58(37)59(39)66)36-14-10-12-16-52(36)68-55/h10-25,28-33,65H,26-27H2,1-9H3. The topological polar surface area (TPSA) is 43.2 Å². The molecule has 0 spiro atoms. The van der Waals surface area contributed by atoms with E-state index in [1.165, 1.54) is 84.7 Å². The SMILES string of the molecule is CC(C)(C)c1ccc(Nc2cc3c(cc2-c2ccc4c5c6c(ccc5n5c4c2[B]c2cc4c(cc2-5)oc2ccccc24)oc2ccccc26)-c2cc4c(cc2C3(C)C)C(C)(C)CCC4(C)C)cc1. The van der Waals surface area contributed by atoms with E-state index in [-0.39, 0.29) is 21.7 Å². The summed E-state index contributed by atoms with van der Waals surface area (Å²) in [5.74, 6) is 0. The third-order valence-corrected chi connectivity index (χ3v) is 16.6. The average molecular weight is 882 g/mol. The number of nitrogens with one attached hydrogen (secondary N) is 1. The molecular formula is C63H54BN2O2. The highest BCUT2D eigenvalue weighted by molar-refractivity contribution is 6.74. The summed E-state index contributed by atoms with van der Waals surface area (Å²) in [6.45, 7) is 21.5. The van der Waals surface area contributed by atoms with Crippen molar-refractivity contribution in [3.63, 3.8) is 0 Å². The highest BCUT2D eigenvalue weighted by Crippen LogP contribution is 2.56. The first kappa shape index (κ1) is 40.1. The molecule has 3 aromatic heterocycles. The molecule has 68 heavy (non-hydrogen) atoms. The first-order chi connectivity index (χ1) is 32.5. The Kier molecular flexibility index (Phi) is 7.77. The molecule has 331 valence electrons. The van der Waals surface area contributed by atoms with Crippen molar-refractivity contribution < 1.29 is 8.83 Å². The molecule has 14 rings (SSSR count). The zero-order valence-electron chi connectivity index (χ0n) is 40.5. The predicted octanol–water partition coefficient (Wildman–Crippen LogP) is 15.9. The van der Waals surface area contributed by atoms with Gasteiger partial charge in [-0.05, 0) is 134 Å². The monoisotopic (exact) mass is 881 g/mol. The van der Waals surface area contributed by atoms with E-state index in [0.29, 0.717) is 0 Å². The molecule has 4 nitrogen and oxygen atoms in total. The van der Waals surface area contributed by atoms with Crippen molar-refractivity contribution in [3.05, 3.63) is 161 Å². The number of benzene rings is 8. The number of rotatable bonds is 3. The number of hydrogen-bond acceptors (Lipinski definition) is 3. The Morgan fingerprint density at radius 2 is 1.19 bits per heavy atom. The summed E-state index contributed by atoms with van der Waals surface area (Å²) in [4.78, 5) is 0. The molecule has 2 aliphatic carbocycles. The van der Waals surface area contributed by atoms with Gasteiger partial charge in [0.2, 0.25) is 0 Å². The number of hydrogen-bond donors (Lipinski definition) is 1. The van der Waals surface area contributed by atoms with Gasteiger partial charge in [-0.25, -0.2) is 0 Å². The van der Waals surface area contributed by atoms with Gasteiger partial charge in [-0.1, -0.05) is 141 Å². The van der Waals surface area contributed by atoms with Crippen LogP contribution in [-0.2, 0) is 21.7 Å². The Labute approximate surface area is 398 Å². The van der Waals surface area contributed by atoms with Crippen molar-refractivity contribution in [1.29, 1.82) is 0 Å². The Balaban J connectivity index is 1.07. The van der Waals surface area contributed by atoms with Crippen LogP contribution < -0.4 is 16.2 Å². The van der Waals surface area contributed by atoms with E-state index in [2.05, 4.69) is 213 Å². The molecule has 8 aromatic carbocycles. The van der Waals surface area contributed by atoms with E-state index in [4.69, 9.17) is 8.83 Å². The van der Waals surface area contributed by atoms with Gasteiger partial charge in [0.15, 0.2) is 7.28 Å². The van der Waals surface area contributed by atoms with Crippen LogP contribution in [0.4, 0.5) is 11.4 Å². The van der Waals surface area contributed by atoms with Crippen molar-refractivity contribution in [3.8, 4) is 27.9 Å². The first-order valence-electron chi connectivity index (χ1n) is 24.5. The fourth-order valence-corrected chi connectivity index (χ4v) is 12.7. The van der Waals surface area contributed by atoms with Gasteiger partial charge in [0, 0.05) is 71.9 Å². The molecule has 0 amide bonds. The van der Waals surface area contributed by atoms with Crippen molar-refractivity contribution in [2.24, 2.45) is 0 Å². The molecule has 1 radical (unpaired) electrons. The van der Waals surface area contributed by atoms with Crippen LogP contribution in [0.1, 0.15) is 103 Å².